The number of allylic oxidation sites excluding steroid dienone is 1. The van der Waals surface area contributed by atoms with E-state index >= 15 is 0 Å². The number of methoxy groups -OCH3 is 1. The van der Waals surface area contributed by atoms with Crippen LogP contribution in [-0.2, 0) is 24.4 Å². The summed E-state index contributed by atoms with van der Waals surface area (Å²) in [6.07, 6.45) is 1.41. The van der Waals surface area contributed by atoms with E-state index in [4.69, 9.17) is 14.5 Å². The average Bonchev–Trinajstić information content (AvgIpc) is 4.15. The molecule has 13 nitrogen and oxygen atoms in total. The number of carbonyl (C=O) groups excluding carboxylic acids is 3. The highest BCUT2D eigenvalue weighted by atomic mass is 32.2. The maximum absolute atomic E-state index is 15.0. The Morgan fingerprint density at radius 2 is 1.75 bits per heavy atom. The number of fused-ring (bicyclic) bond motifs is 1. The molecule has 4 aromatic rings. The number of rotatable bonds is 20. The van der Waals surface area contributed by atoms with Crippen LogP contribution in [0.25, 0.3) is 22.2 Å². The Kier molecular flexibility index (Phi) is 13.3. The lowest BCUT2D eigenvalue weighted by molar-refractivity contribution is -0.274. The number of anilines is 1. The smallest absolute Gasteiger partial charge is 0.497 e. The van der Waals surface area contributed by atoms with E-state index in [0.29, 0.717) is 47.4 Å². The van der Waals surface area contributed by atoms with Crippen molar-refractivity contribution in [2.75, 3.05) is 19.0 Å². The highest BCUT2D eigenvalue weighted by molar-refractivity contribution is 7.91. The van der Waals surface area contributed by atoms with Gasteiger partial charge in [-0.05, 0) is 69.7 Å². The first-order valence-corrected chi connectivity index (χ1v) is 22.7. The number of ether oxygens (including phenoxy) is 3. The van der Waals surface area contributed by atoms with Crippen LogP contribution in [0, 0.1) is 5.92 Å². The monoisotopic (exact) mass is 903 g/mol. The van der Waals surface area contributed by atoms with E-state index in [-0.39, 0.29) is 31.5 Å². The van der Waals surface area contributed by atoms with Crippen molar-refractivity contribution < 1.29 is 50.2 Å². The summed E-state index contributed by atoms with van der Waals surface area (Å²) in [5.41, 5.74) is 0.519. The van der Waals surface area contributed by atoms with Crippen molar-refractivity contribution in [3.63, 3.8) is 0 Å². The summed E-state index contributed by atoms with van der Waals surface area (Å²) in [6.45, 7) is 9.02. The zero-order valence-electron chi connectivity index (χ0n) is 35.7. The molecule has 0 radical (unpaired) electrons. The molecule has 2 aliphatic carbocycles. The van der Waals surface area contributed by atoms with Crippen LogP contribution >= 0.6 is 0 Å². The van der Waals surface area contributed by atoms with Gasteiger partial charge in [-0.15, -0.1) is 26.3 Å². The summed E-state index contributed by atoms with van der Waals surface area (Å²) < 4.78 is 83.4. The molecular formula is C47H52F3N5O8S. The predicted octanol–water partition coefficient (Wildman–Crippen LogP) is 7.83. The van der Waals surface area contributed by atoms with E-state index in [1.54, 1.807) is 44.4 Å². The third-order valence-electron chi connectivity index (χ3n) is 12.2. The molecule has 1 aliphatic heterocycles. The van der Waals surface area contributed by atoms with Gasteiger partial charge in [0, 0.05) is 47.2 Å². The minimum Gasteiger partial charge on any atom is -0.497 e. The van der Waals surface area contributed by atoms with Gasteiger partial charge in [-0.25, -0.2) is 13.4 Å². The SMILES string of the molecule is C=CCCCCC[C@H](Nc1cccc(OC(F)(F)F)c1)C(=O)N1C[C@H](Oc2cc(-c3ccccc3)nc3cc(OC)ccc23)C[C@H]1C(=O)N[C@]1(C(=O)NS(=O)(=O)C2(C)CC2)C[C@H]1C=C. The van der Waals surface area contributed by atoms with E-state index < -0.39 is 74.2 Å². The number of pyridine rings is 1. The molecule has 1 aromatic heterocycles. The zero-order valence-corrected chi connectivity index (χ0v) is 36.5. The third-order valence-corrected chi connectivity index (χ3v) is 14.3. The second-order valence-electron chi connectivity index (χ2n) is 16.8. The second-order valence-corrected chi connectivity index (χ2v) is 19.0. The largest absolute Gasteiger partial charge is 0.573 e. The minimum absolute atomic E-state index is 0.0357. The van der Waals surface area contributed by atoms with Gasteiger partial charge < -0.3 is 29.7 Å². The Hall–Kier alpha value is -6.10. The molecule has 0 unspecified atom stereocenters. The number of unbranched alkanes of at least 4 members (excludes halogenated alkanes) is 3. The quantitative estimate of drug-likeness (QED) is 0.0588. The molecule has 3 fully saturated rings. The number of carbonyl (C=O) groups is 3. The molecule has 0 spiro atoms. The highest BCUT2D eigenvalue weighted by Crippen LogP contribution is 2.47. The van der Waals surface area contributed by atoms with Crippen molar-refractivity contribution in [2.45, 2.75) is 99.5 Å². The summed E-state index contributed by atoms with van der Waals surface area (Å²) in [5.74, 6) is -2.23. The van der Waals surface area contributed by atoms with Gasteiger partial charge in [0.15, 0.2) is 0 Å². The fourth-order valence-corrected chi connectivity index (χ4v) is 9.40. The van der Waals surface area contributed by atoms with Gasteiger partial charge in [-0.3, -0.25) is 19.1 Å². The molecule has 7 rings (SSSR count). The van der Waals surface area contributed by atoms with Crippen LogP contribution in [0.15, 0.2) is 104 Å². The van der Waals surface area contributed by atoms with Crippen molar-refractivity contribution in [1.29, 1.82) is 0 Å². The Balaban J connectivity index is 1.22. The Bertz CT molecular complexity index is 2520. The number of alkyl halides is 3. The van der Waals surface area contributed by atoms with Crippen molar-refractivity contribution in [2.24, 2.45) is 5.92 Å². The molecule has 0 bridgehead atoms. The number of sulfonamides is 1. The third kappa shape index (κ3) is 10.3. The van der Waals surface area contributed by atoms with E-state index in [0.717, 1.165) is 37.0 Å². The standard InChI is InChI=1S/C47H52F3N5O8S/c1-5-7-8-9-13-19-37(51-32-17-14-18-34(24-32)63-47(48,49)50)43(57)55-29-35(62-41-27-38(30-15-11-10-12-16-30)52-39-25-33(61-4)20-21-36(39)41)26-40(55)42(56)53-46(28-31(46)6-2)44(58)54-64(59,60)45(3)22-23-45/h5-6,10-12,14-18,20-21,24-25,27,31,35,37,40,51H,1-2,7-9,13,19,22-23,26,28-29H2,3-4H3,(H,53,56)(H,54,58)/t31-,35-,37+,40+,46-/m1/s1. The number of halogens is 3. The Labute approximate surface area is 370 Å². The number of nitrogens with one attached hydrogen (secondary N) is 3. The zero-order chi connectivity index (χ0) is 45.9. The van der Waals surface area contributed by atoms with Gasteiger partial charge >= 0.3 is 6.36 Å². The number of likely N-dealkylation sites (tertiary alicyclic amines) is 1. The second kappa shape index (κ2) is 18.6. The lowest BCUT2D eigenvalue weighted by Crippen LogP contribution is -2.58. The van der Waals surface area contributed by atoms with Crippen LogP contribution in [0.1, 0.15) is 64.7 Å². The van der Waals surface area contributed by atoms with Crippen molar-refractivity contribution in [3.8, 4) is 28.5 Å². The van der Waals surface area contributed by atoms with Crippen LogP contribution in [0.3, 0.4) is 0 Å². The fourth-order valence-electron chi connectivity index (χ4n) is 8.09. The van der Waals surface area contributed by atoms with E-state index in [2.05, 4.69) is 33.3 Å². The lowest BCUT2D eigenvalue weighted by atomic mass is 10.0. The molecule has 1 saturated heterocycles. The van der Waals surface area contributed by atoms with Gasteiger partial charge in [0.05, 0.1) is 29.6 Å². The first kappa shape index (κ1) is 45.9. The summed E-state index contributed by atoms with van der Waals surface area (Å²) in [6, 6.07) is 19.5. The van der Waals surface area contributed by atoms with E-state index in [1.807, 2.05) is 30.3 Å². The minimum atomic E-state index is -4.95. The number of hydrogen-bond donors (Lipinski definition) is 3. The van der Waals surface area contributed by atoms with Crippen LogP contribution in [0.2, 0.25) is 0 Å². The molecular weight excluding hydrogens is 852 g/mol. The summed E-state index contributed by atoms with van der Waals surface area (Å²) in [5, 5.41) is 6.56. The fraction of sp³-hybridized carbons (Fsp3) is 0.404. The molecule has 17 heteroatoms. The molecule has 64 heavy (non-hydrogen) atoms. The Morgan fingerprint density at radius 3 is 2.42 bits per heavy atom. The summed E-state index contributed by atoms with van der Waals surface area (Å²) in [7, 11) is -2.52. The Morgan fingerprint density at radius 1 is 0.984 bits per heavy atom. The maximum Gasteiger partial charge on any atom is 0.573 e. The van der Waals surface area contributed by atoms with Crippen molar-refractivity contribution in [1.82, 2.24) is 19.9 Å². The van der Waals surface area contributed by atoms with E-state index in [1.165, 1.54) is 23.1 Å². The maximum atomic E-state index is 15.0. The van der Waals surface area contributed by atoms with Crippen LogP contribution in [0.4, 0.5) is 18.9 Å². The molecule has 2 saturated carbocycles. The molecule has 3 aromatic carbocycles. The van der Waals surface area contributed by atoms with Crippen molar-refractivity contribution in [3.05, 3.63) is 104 Å². The van der Waals surface area contributed by atoms with Gasteiger partial charge in [0.25, 0.3) is 5.91 Å². The summed E-state index contributed by atoms with van der Waals surface area (Å²) in [4.78, 5) is 49.7. The first-order chi connectivity index (χ1) is 30.5. The topological polar surface area (TPSA) is 165 Å². The van der Waals surface area contributed by atoms with Gasteiger partial charge in [0.2, 0.25) is 21.8 Å². The normalized spacial score (nSPS) is 21.6. The van der Waals surface area contributed by atoms with Crippen LogP contribution in [-0.4, -0.2) is 84.5 Å². The van der Waals surface area contributed by atoms with Gasteiger partial charge in [-0.1, -0.05) is 61.4 Å². The molecule has 5 atom stereocenters. The summed E-state index contributed by atoms with van der Waals surface area (Å²) >= 11 is 0. The van der Waals surface area contributed by atoms with E-state index in [9.17, 15) is 36.0 Å². The molecule has 3 N–H and O–H groups in total. The number of hydrogen-bond acceptors (Lipinski definition) is 10. The van der Waals surface area contributed by atoms with Gasteiger partial charge in [-0.2, -0.15) is 0 Å². The molecule has 3 aliphatic rings. The number of nitrogens with zero attached hydrogens (tertiary/aromatic N) is 2. The van der Waals surface area contributed by atoms with Crippen LogP contribution < -0.4 is 29.6 Å². The molecule has 3 amide bonds. The lowest BCUT2D eigenvalue weighted by Gasteiger charge is -2.30. The predicted molar refractivity (Wildman–Crippen MR) is 236 cm³/mol. The number of benzene rings is 3. The first-order valence-electron chi connectivity index (χ1n) is 21.2. The number of amides is 3. The van der Waals surface area contributed by atoms with Gasteiger partial charge in [0.1, 0.15) is 41.0 Å². The van der Waals surface area contributed by atoms with Crippen LogP contribution in [0.5, 0.6) is 17.2 Å². The van der Waals surface area contributed by atoms with Crippen molar-refractivity contribution >= 4 is 44.3 Å². The molecule has 340 valence electrons. The number of aromatic nitrogens is 1. The highest BCUT2D eigenvalue weighted by Gasteiger charge is 2.63. The molecule has 2 heterocycles. The average molecular weight is 904 g/mol.